The highest BCUT2D eigenvalue weighted by molar-refractivity contribution is 7.09. The molecule has 0 spiro atoms. The molecule has 3 N–H and O–H groups in total. The zero-order valence-electron chi connectivity index (χ0n) is 11.1. The van der Waals surface area contributed by atoms with Crippen molar-refractivity contribution in [3.05, 3.63) is 22.4 Å². The molecule has 18 heavy (non-hydrogen) atoms. The van der Waals surface area contributed by atoms with Gasteiger partial charge in [-0.2, -0.15) is 0 Å². The number of hydrogen-bond acceptors (Lipinski definition) is 4. The zero-order valence-corrected chi connectivity index (χ0v) is 11.9. The van der Waals surface area contributed by atoms with E-state index in [0.29, 0.717) is 6.61 Å². The number of thiophene rings is 1. The molecule has 0 atom stereocenters. The van der Waals surface area contributed by atoms with Crippen molar-refractivity contribution in [1.82, 2.24) is 0 Å². The molecule has 0 unspecified atom stereocenters. The van der Waals surface area contributed by atoms with E-state index in [1.807, 2.05) is 13.8 Å². The van der Waals surface area contributed by atoms with Crippen LogP contribution < -0.4 is 5.73 Å². The lowest BCUT2D eigenvalue weighted by Crippen LogP contribution is -2.32. The molecule has 0 amide bonds. The van der Waals surface area contributed by atoms with E-state index in [0.717, 1.165) is 25.9 Å². The zero-order chi connectivity index (χ0) is 13.4. The molecule has 1 aromatic heterocycles. The lowest BCUT2D eigenvalue weighted by atomic mass is 9.87. The largest absolute Gasteiger partial charge is 0.409 e. The molecule has 0 radical (unpaired) electrons. The van der Waals surface area contributed by atoms with Crippen LogP contribution >= 0.6 is 11.3 Å². The average Bonchev–Trinajstić information content (AvgIpc) is 2.85. The molecule has 4 nitrogen and oxygen atoms in total. The van der Waals surface area contributed by atoms with Gasteiger partial charge in [-0.05, 0) is 24.3 Å². The first-order chi connectivity index (χ1) is 8.56. The summed E-state index contributed by atoms with van der Waals surface area (Å²) in [5, 5.41) is 13.8. The van der Waals surface area contributed by atoms with Gasteiger partial charge in [0.1, 0.15) is 5.84 Å². The Morgan fingerprint density at radius 1 is 1.50 bits per heavy atom. The number of nitrogens with zero attached hydrogens (tertiary/aromatic N) is 1. The smallest absolute Gasteiger partial charge is 0.144 e. The van der Waals surface area contributed by atoms with Gasteiger partial charge in [0.15, 0.2) is 0 Å². The Balaban J connectivity index is 2.08. The van der Waals surface area contributed by atoms with E-state index >= 15 is 0 Å². The fourth-order valence-electron chi connectivity index (χ4n) is 1.61. The number of amidine groups is 1. The van der Waals surface area contributed by atoms with Crippen LogP contribution in [0.5, 0.6) is 0 Å². The number of rotatable bonds is 8. The molecule has 1 heterocycles. The summed E-state index contributed by atoms with van der Waals surface area (Å²) in [6.07, 6.45) is 2.73. The summed E-state index contributed by atoms with van der Waals surface area (Å²) in [6, 6.07) is 4.18. The molecule has 0 fully saturated rings. The van der Waals surface area contributed by atoms with Crippen molar-refractivity contribution in [2.24, 2.45) is 16.3 Å². The standard InChI is InChI=1S/C13H22N2O2S/c1-13(2,12(14)15-16)7-4-8-17-9-6-11-5-3-10-18-11/h3,5,10,16H,4,6-9H2,1-2H3,(H2,14,15). The van der Waals surface area contributed by atoms with Gasteiger partial charge in [-0.3, -0.25) is 0 Å². The van der Waals surface area contributed by atoms with Gasteiger partial charge < -0.3 is 15.7 Å². The number of ether oxygens (including phenoxy) is 1. The summed E-state index contributed by atoms with van der Waals surface area (Å²) in [7, 11) is 0. The summed E-state index contributed by atoms with van der Waals surface area (Å²) < 4.78 is 5.58. The topological polar surface area (TPSA) is 67.8 Å². The van der Waals surface area contributed by atoms with E-state index in [4.69, 9.17) is 15.7 Å². The summed E-state index contributed by atoms with van der Waals surface area (Å²) in [4.78, 5) is 1.35. The first-order valence-electron chi connectivity index (χ1n) is 6.14. The molecule has 0 aromatic carbocycles. The maximum Gasteiger partial charge on any atom is 0.144 e. The van der Waals surface area contributed by atoms with Crippen LogP contribution in [0.2, 0.25) is 0 Å². The normalized spacial score (nSPS) is 12.9. The van der Waals surface area contributed by atoms with Crippen molar-refractivity contribution in [2.45, 2.75) is 33.1 Å². The van der Waals surface area contributed by atoms with Crippen LogP contribution in [0.3, 0.4) is 0 Å². The van der Waals surface area contributed by atoms with Crippen LogP contribution in [0.15, 0.2) is 22.7 Å². The third-order valence-corrected chi connectivity index (χ3v) is 3.90. The van der Waals surface area contributed by atoms with E-state index < -0.39 is 0 Å². The van der Waals surface area contributed by atoms with Crippen LogP contribution in [0.1, 0.15) is 31.6 Å². The minimum Gasteiger partial charge on any atom is -0.409 e. The Labute approximate surface area is 112 Å². The van der Waals surface area contributed by atoms with Crippen molar-refractivity contribution in [2.75, 3.05) is 13.2 Å². The van der Waals surface area contributed by atoms with Gasteiger partial charge in [0.2, 0.25) is 0 Å². The number of oxime groups is 1. The number of hydrogen-bond donors (Lipinski definition) is 2. The minimum atomic E-state index is -0.272. The summed E-state index contributed by atoms with van der Waals surface area (Å²) >= 11 is 1.76. The van der Waals surface area contributed by atoms with Crippen LogP contribution in [0.4, 0.5) is 0 Å². The van der Waals surface area contributed by atoms with Crippen molar-refractivity contribution in [1.29, 1.82) is 0 Å². The minimum absolute atomic E-state index is 0.272. The first-order valence-corrected chi connectivity index (χ1v) is 7.02. The van der Waals surface area contributed by atoms with Gasteiger partial charge in [-0.25, -0.2) is 0 Å². The van der Waals surface area contributed by atoms with E-state index in [1.54, 1.807) is 11.3 Å². The molecule has 0 saturated carbocycles. The second-order valence-electron chi connectivity index (χ2n) is 4.91. The third-order valence-electron chi connectivity index (χ3n) is 2.96. The Hall–Kier alpha value is -1.07. The van der Waals surface area contributed by atoms with Crippen LogP contribution in [-0.2, 0) is 11.2 Å². The Kier molecular flexibility index (Phi) is 6.15. The monoisotopic (exact) mass is 270 g/mol. The molecular weight excluding hydrogens is 248 g/mol. The Morgan fingerprint density at radius 3 is 2.89 bits per heavy atom. The fourth-order valence-corrected chi connectivity index (χ4v) is 2.30. The van der Waals surface area contributed by atoms with Gasteiger partial charge >= 0.3 is 0 Å². The average molecular weight is 270 g/mol. The maximum atomic E-state index is 8.65. The van der Waals surface area contributed by atoms with E-state index in [9.17, 15) is 0 Å². The van der Waals surface area contributed by atoms with E-state index in [-0.39, 0.29) is 11.3 Å². The van der Waals surface area contributed by atoms with Gasteiger partial charge in [-0.1, -0.05) is 25.1 Å². The van der Waals surface area contributed by atoms with Crippen molar-refractivity contribution < 1.29 is 9.94 Å². The van der Waals surface area contributed by atoms with Gasteiger partial charge in [0, 0.05) is 23.3 Å². The molecule has 1 rings (SSSR count). The van der Waals surface area contributed by atoms with E-state index in [2.05, 4.69) is 22.7 Å². The molecule has 0 aliphatic carbocycles. The maximum absolute atomic E-state index is 8.65. The van der Waals surface area contributed by atoms with Crippen molar-refractivity contribution in [3.63, 3.8) is 0 Å². The molecule has 0 aliphatic rings. The second-order valence-corrected chi connectivity index (χ2v) is 5.95. The highest BCUT2D eigenvalue weighted by Gasteiger charge is 2.22. The van der Waals surface area contributed by atoms with Crippen LogP contribution in [0.25, 0.3) is 0 Å². The molecule has 1 aromatic rings. The second kappa shape index (κ2) is 7.38. The predicted octanol–water partition coefficient (Wildman–Crippen LogP) is 2.86. The molecule has 5 heteroatoms. The fraction of sp³-hybridized carbons (Fsp3) is 0.615. The summed E-state index contributed by atoms with van der Waals surface area (Å²) in [5.74, 6) is 0.279. The Bertz CT molecular complexity index is 361. The molecule has 0 saturated heterocycles. The van der Waals surface area contributed by atoms with Gasteiger partial charge in [0.05, 0.1) is 6.61 Å². The Morgan fingerprint density at radius 2 is 2.28 bits per heavy atom. The SMILES string of the molecule is CC(C)(CCCOCCc1cccs1)C(N)=NO. The first kappa shape index (κ1) is 15.0. The van der Waals surface area contributed by atoms with Crippen LogP contribution in [0, 0.1) is 5.41 Å². The highest BCUT2D eigenvalue weighted by atomic mass is 32.1. The number of nitrogens with two attached hydrogens (primary N) is 1. The molecule has 0 aliphatic heterocycles. The third kappa shape index (κ3) is 5.06. The highest BCUT2D eigenvalue weighted by Crippen LogP contribution is 2.22. The predicted molar refractivity (Wildman–Crippen MR) is 75.3 cm³/mol. The quantitative estimate of drug-likeness (QED) is 0.251. The van der Waals surface area contributed by atoms with Crippen molar-refractivity contribution >= 4 is 17.2 Å². The summed E-state index contributed by atoms with van der Waals surface area (Å²) in [5.41, 5.74) is 5.34. The molecule has 0 bridgehead atoms. The van der Waals surface area contributed by atoms with Crippen LogP contribution in [-0.4, -0.2) is 24.3 Å². The van der Waals surface area contributed by atoms with Gasteiger partial charge in [-0.15, -0.1) is 11.3 Å². The van der Waals surface area contributed by atoms with E-state index in [1.165, 1.54) is 4.88 Å². The lowest BCUT2D eigenvalue weighted by molar-refractivity contribution is 0.128. The lowest BCUT2D eigenvalue weighted by Gasteiger charge is -2.22. The van der Waals surface area contributed by atoms with Crippen molar-refractivity contribution in [3.8, 4) is 0 Å². The molecule has 102 valence electrons. The summed E-state index contributed by atoms with van der Waals surface area (Å²) in [6.45, 7) is 5.40. The molecular formula is C13H22N2O2S. The van der Waals surface area contributed by atoms with Gasteiger partial charge in [0.25, 0.3) is 0 Å².